The van der Waals surface area contributed by atoms with Crippen LogP contribution in [0.2, 0.25) is 0 Å². The quantitative estimate of drug-likeness (QED) is 0.825. The topological polar surface area (TPSA) is 89.3 Å². The number of hydrogen-bond acceptors (Lipinski definition) is 4. The molecule has 0 spiro atoms. The summed E-state index contributed by atoms with van der Waals surface area (Å²) in [5.74, 6) is -0.883. The number of aliphatic carboxylic acids is 1. The molecule has 1 atom stereocenters. The minimum Gasteiger partial charge on any atom is -0.480 e. The van der Waals surface area contributed by atoms with Crippen LogP contribution in [-0.4, -0.2) is 16.1 Å². The number of rotatable bonds is 4. The average molecular weight is 232 g/mol. The zero-order valence-electron chi connectivity index (χ0n) is 9.04. The molecule has 0 aliphatic rings. The second-order valence-corrected chi connectivity index (χ2v) is 3.79. The number of aromatic nitrogens is 1. The lowest BCUT2D eigenvalue weighted by atomic mass is 9.90. The Labute approximate surface area is 97.9 Å². The van der Waals surface area contributed by atoms with Crippen LogP contribution in [0, 0.1) is 0 Å². The summed E-state index contributed by atoms with van der Waals surface area (Å²) in [6, 6.07) is 6.64. The van der Waals surface area contributed by atoms with Crippen molar-refractivity contribution < 1.29 is 14.3 Å². The van der Waals surface area contributed by atoms with Gasteiger partial charge in [-0.2, -0.15) is 0 Å². The van der Waals surface area contributed by atoms with Crippen LogP contribution in [0.1, 0.15) is 11.3 Å². The van der Waals surface area contributed by atoms with E-state index in [0.717, 1.165) is 5.56 Å². The van der Waals surface area contributed by atoms with Gasteiger partial charge in [-0.1, -0.05) is 0 Å². The third-order valence-corrected chi connectivity index (χ3v) is 2.57. The summed E-state index contributed by atoms with van der Waals surface area (Å²) in [5.41, 5.74) is 5.17. The lowest BCUT2D eigenvalue weighted by Gasteiger charge is -2.22. The van der Waals surface area contributed by atoms with Crippen molar-refractivity contribution >= 4 is 5.97 Å². The predicted molar refractivity (Wildman–Crippen MR) is 60.2 cm³/mol. The number of pyridine rings is 1. The van der Waals surface area contributed by atoms with E-state index in [1.165, 1.54) is 6.26 Å². The van der Waals surface area contributed by atoms with Crippen molar-refractivity contribution in [3.05, 3.63) is 54.2 Å². The van der Waals surface area contributed by atoms with Gasteiger partial charge in [0, 0.05) is 18.8 Å². The fourth-order valence-electron chi connectivity index (χ4n) is 1.62. The van der Waals surface area contributed by atoms with Gasteiger partial charge in [0.25, 0.3) is 0 Å². The van der Waals surface area contributed by atoms with Crippen molar-refractivity contribution in [1.82, 2.24) is 4.98 Å². The molecule has 3 N–H and O–H groups in total. The molecule has 1 unspecified atom stereocenters. The number of carbonyl (C=O) groups is 1. The SMILES string of the molecule is NC(Cc1ccncc1)(C(=O)O)c1ccco1. The summed E-state index contributed by atoms with van der Waals surface area (Å²) in [6.45, 7) is 0. The van der Waals surface area contributed by atoms with Crippen LogP contribution in [0.4, 0.5) is 0 Å². The van der Waals surface area contributed by atoms with Crippen LogP contribution in [0.15, 0.2) is 47.3 Å². The summed E-state index contributed by atoms with van der Waals surface area (Å²) in [5, 5.41) is 9.27. The Morgan fingerprint density at radius 3 is 2.65 bits per heavy atom. The summed E-state index contributed by atoms with van der Waals surface area (Å²) in [7, 11) is 0. The van der Waals surface area contributed by atoms with Crippen molar-refractivity contribution in [2.45, 2.75) is 12.0 Å². The molecule has 0 aromatic carbocycles. The molecule has 5 heteroatoms. The number of carboxylic acid groups (broad SMARTS) is 1. The van der Waals surface area contributed by atoms with Gasteiger partial charge in [0.2, 0.25) is 0 Å². The highest BCUT2D eigenvalue weighted by Crippen LogP contribution is 2.23. The molecule has 0 aliphatic carbocycles. The molecule has 2 rings (SSSR count). The lowest BCUT2D eigenvalue weighted by Crippen LogP contribution is -2.46. The largest absolute Gasteiger partial charge is 0.480 e. The van der Waals surface area contributed by atoms with Crippen molar-refractivity contribution in [2.24, 2.45) is 5.73 Å². The van der Waals surface area contributed by atoms with Crippen molar-refractivity contribution in [1.29, 1.82) is 0 Å². The Balaban J connectivity index is 2.34. The minimum atomic E-state index is -1.55. The van der Waals surface area contributed by atoms with Crippen LogP contribution >= 0.6 is 0 Å². The van der Waals surface area contributed by atoms with Gasteiger partial charge in [0.1, 0.15) is 5.76 Å². The van der Waals surface area contributed by atoms with E-state index in [4.69, 9.17) is 10.2 Å². The molecular formula is C12H12N2O3. The lowest BCUT2D eigenvalue weighted by molar-refractivity contribution is -0.144. The first-order chi connectivity index (χ1) is 8.13. The molecule has 0 aliphatic heterocycles. The van der Waals surface area contributed by atoms with Gasteiger partial charge in [0.15, 0.2) is 5.54 Å². The molecule has 0 radical (unpaired) electrons. The van der Waals surface area contributed by atoms with Gasteiger partial charge in [-0.05, 0) is 29.8 Å². The third kappa shape index (κ3) is 2.19. The molecule has 0 saturated heterocycles. The number of furan rings is 1. The smallest absolute Gasteiger partial charge is 0.331 e. The summed E-state index contributed by atoms with van der Waals surface area (Å²) < 4.78 is 5.11. The summed E-state index contributed by atoms with van der Waals surface area (Å²) in [6.07, 6.45) is 4.75. The zero-order chi connectivity index (χ0) is 12.3. The van der Waals surface area contributed by atoms with Crippen LogP contribution in [0.3, 0.4) is 0 Å². The first-order valence-electron chi connectivity index (χ1n) is 5.08. The Morgan fingerprint density at radius 1 is 1.41 bits per heavy atom. The highest BCUT2D eigenvalue weighted by atomic mass is 16.4. The number of nitrogens with two attached hydrogens (primary N) is 1. The van der Waals surface area contributed by atoms with Crippen LogP contribution in [0.5, 0.6) is 0 Å². The fraction of sp³-hybridized carbons (Fsp3) is 0.167. The molecule has 88 valence electrons. The Kier molecular flexibility index (Phi) is 2.93. The van der Waals surface area contributed by atoms with Gasteiger partial charge >= 0.3 is 5.97 Å². The number of hydrogen-bond donors (Lipinski definition) is 2. The second-order valence-electron chi connectivity index (χ2n) is 3.79. The van der Waals surface area contributed by atoms with Gasteiger partial charge in [-0.25, -0.2) is 4.79 Å². The van der Waals surface area contributed by atoms with Crippen LogP contribution in [0.25, 0.3) is 0 Å². The molecular weight excluding hydrogens is 220 g/mol. The van der Waals surface area contributed by atoms with Crippen molar-refractivity contribution in [2.75, 3.05) is 0 Å². The Bertz CT molecular complexity index is 496. The van der Waals surface area contributed by atoms with E-state index in [-0.39, 0.29) is 12.2 Å². The zero-order valence-corrected chi connectivity index (χ0v) is 9.04. The first kappa shape index (κ1) is 11.3. The Morgan fingerprint density at radius 2 is 2.12 bits per heavy atom. The second kappa shape index (κ2) is 4.39. The number of nitrogens with zero attached hydrogens (tertiary/aromatic N) is 1. The van der Waals surface area contributed by atoms with E-state index in [2.05, 4.69) is 4.98 Å². The number of carboxylic acids is 1. The standard InChI is InChI=1S/C12H12N2O3/c13-12(11(15)16,10-2-1-7-17-10)8-9-3-5-14-6-4-9/h1-7H,8,13H2,(H,15,16). The van der Waals surface area contributed by atoms with Crippen molar-refractivity contribution in [3.63, 3.8) is 0 Å². The predicted octanol–water partition coefficient (Wildman–Crippen LogP) is 1.16. The van der Waals surface area contributed by atoms with Gasteiger partial charge < -0.3 is 15.3 Å². The van der Waals surface area contributed by atoms with E-state index in [1.807, 2.05) is 0 Å². The first-order valence-corrected chi connectivity index (χ1v) is 5.08. The molecule has 0 amide bonds. The van der Waals surface area contributed by atoms with Crippen LogP contribution < -0.4 is 5.73 Å². The molecule has 2 aromatic heterocycles. The average Bonchev–Trinajstić information content (AvgIpc) is 2.84. The maximum absolute atomic E-state index is 11.3. The molecule has 2 heterocycles. The molecule has 0 fully saturated rings. The van der Waals surface area contributed by atoms with E-state index in [1.54, 1.807) is 36.7 Å². The molecule has 17 heavy (non-hydrogen) atoms. The van der Waals surface area contributed by atoms with Crippen molar-refractivity contribution in [3.8, 4) is 0 Å². The van der Waals surface area contributed by atoms with E-state index < -0.39 is 11.5 Å². The maximum Gasteiger partial charge on any atom is 0.331 e. The van der Waals surface area contributed by atoms with Gasteiger partial charge in [0.05, 0.1) is 6.26 Å². The fourth-order valence-corrected chi connectivity index (χ4v) is 1.62. The maximum atomic E-state index is 11.3. The minimum absolute atomic E-state index is 0.151. The van der Waals surface area contributed by atoms with Gasteiger partial charge in [-0.3, -0.25) is 4.98 Å². The normalized spacial score (nSPS) is 14.2. The van der Waals surface area contributed by atoms with E-state index in [0.29, 0.717) is 0 Å². The van der Waals surface area contributed by atoms with Crippen LogP contribution in [-0.2, 0) is 16.8 Å². The monoisotopic (exact) mass is 232 g/mol. The summed E-state index contributed by atoms with van der Waals surface area (Å²) >= 11 is 0. The molecule has 2 aromatic rings. The van der Waals surface area contributed by atoms with E-state index >= 15 is 0 Å². The highest BCUT2D eigenvalue weighted by molar-refractivity contribution is 5.80. The van der Waals surface area contributed by atoms with E-state index in [9.17, 15) is 9.90 Å². The molecule has 0 saturated carbocycles. The Hall–Kier alpha value is -2.14. The highest BCUT2D eigenvalue weighted by Gasteiger charge is 2.39. The third-order valence-electron chi connectivity index (χ3n) is 2.57. The van der Waals surface area contributed by atoms with Gasteiger partial charge in [-0.15, -0.1) is 0 Å². The molecule has 0 bridgehead atoms. The summed E-state index contributed by atoms with van der Waals surface area (Å²) in [4.78, 5) is 15.2. The molecule has 5 nitrogen and oxygen atoms in total.